The van der Waals surface area contributed by atoms with Crippen molar-refractivity contribution in [2.45, 2.75) is 6.61 Å². The molecule has 0 fully saturated rings. The number of carbonyl (C=O) groups excluding carboxylic acids is 1. The van der Waals surface area contributed by atoms with Gasteiger partial charge in [-0.25, -0.2) is 0 Å². The summed E-state index contributed by atoms with van der Waals surface area (Å²) in [6.45, 7) is -2.94. The maximum absolute atomic E-state index is 12.3. The highest BCUT2D eigenvalue weighted by Gasteiger charge is 2.13. The molecule has 1 amide bonds. The largest absolute Gasteiger partial charge is 0.435 e. The quantitative estimate of drug-likeness (QED) is 0.884. The van der Waals surface area contributed by atoms with E-state index in [1.54, 1.807) is 18.2 Å². The zero-order valence-corrected chi connectivity index (χ0v) is 13.3. The summed E-state index contributed by atoms with van der Waals surface area (Å²) in [5.41, 5.74) is 1.49. The molecule has 0 aliphatic carbocycles. The molecule has 0 aromatic heterocycles. The highest BCUT2D eigenvalue weighted by Crippen LogP contribution is 2.28. The number of nitrogens with zero attached hydrogens (tertiary/aromatic N) is 1. The van der Waals surface area contributed by atoms with Crippen molar-refractivity contribution in [1.82, 2.24) is 0 Å². The van der Waals surface area contributed by atoms with Crippen molar-refractivity contribution in [2.75, 3.05) is 24.3 Å². The molecule has 2 aromatic rings. The number of alkyl halides is 2. The molecule has 0 aliphatic heterocycles. The van der Waals surface area contributed by atoms with E-state index in [1.165, 1.54) is 24.3 Å². The van der Waals surface area contributed by atoms with Crippen LogP contribution in [0.15, 0.2) is 42.5 Å². The Morgan fingerprint density at radius 1 is 1.22 bits per heavy atom. The molecule has 7 heteroatoms. The molecular weight excluding hydrogens is 326 g/mol. The van der Waals surface area contributed by atoms with Crippen LogP contribution in [0.3, 0.4) is 0 Å². The first kappa shape index (κ1) is 17.0. The summed E-state index contributed by atoms with van der Waals surface area (Å²) in [6.07, 6.45) is 0. The van der Waals surface area contributed by atoms with E-state index >= 15 is 0 Å². The molecule has 2 rings (SSSR count). The second kappa shape index (κ2) is 7.28. The lowest BCUT2D eigenvalue weighted by Gasteiger charge is -2.18. The Hall–Kier alpha value is -2.34. The van der Waals surface area contributed by atoms with Crippen LogP contribution < -0.4 is 15.0 Å². The van der Waals surface area contributed by atoms with Crippen molar-refractivity contribution in [2.24, 2.45) is 0 Å². The molecule has 0 radical (unpaired) electrons. The van der Waals surface area contributed by atoms with Crippen LogP contribution in [0, 0.1) is 0 Å². The summed E-state index contributed by atoms with van der Waals surface area (Å²) in [6, 6.07) is 10.7. The maximum atomic E-state index is 12.3. The van der Waals surface area contributed by atoms with Gasteiger partial charge in [-0.1, -0.05) is 17.7 Å². The second-order valence-electron chi connectivity index (χ2n) is 4.92. The van der Waals surface area contributed by atoms with Gasteiger partial charge in [0.25, 0.3) is 5.91 Å². The lowest BCUT2D eigenvalue weighted by molar-refractivity contribution is -0.0498. The summed E-state index contributed by atoms with van der Waals surface area (Å²) >= 11 is 5.96. The molecule has 4 nitrogen and oxygen atoms in total. The van der Waals surface area contributed by atoms with Crippen molar-refractivity contribution in [3.05, 3.63) is 53.1 Å². The fourth-order valence-electron chi connectivity index (χ4n) is 2.01. The van der Waals surface area contributed by atoms with E-state index in [9.17, 15) is 13.6 Å². The summed E-state index contributed by atoms with van der Waals surface area (Å²) in [4.78, 5) is 14.1. The van der Waals surface area contributed by atoms with Crippen LogP contribution in [0.5, 0.6) is 5.75 Å². The van der Waals surface area contributed by atoms with Gasteiger partial charge in [0.05, 0.1) is 11.4 Å². The Balaban J connectivity index is 2.24. The van der Waals surface area contributed by atoms with Crippen LogP contribution in [-0.2, 0) is 0 Å². The van der Waals surface area contributed by atoms with Crippen LogP contribution in [0.1, 0.15) is 10.4 Å². The van der Waals surface area contributed by atoms with E-state index in [0.29, 0.717) is 10.7 Å². The number of rotatable bonds is 5. The number of anilines is 2. The number of amides is 1. The Morgan fingerprint density at radius 2 is 1.96 bits per heavy atom. The van der Waals surface area contributed by atoms with Crippen molar-refractivity contribution in [3.8, 4) is 5.75 Å². The Labute approximate surface area is 137 Å². The minimum absolute atomic E-state index is 0.0772. The number of ether oxygens (including phenoxy) is 1. The van der Waals surface area contributed by atoms with Gasteiger partial charge in [-0.3, -0.25) is 4.79 Å². The second-order valence-corrected chi connectivity index (χ2v) is 5.35. The lowest BCUT2D eigenvalue weighted by atomic mass is 10.2. The first-order valence-electron chi connectivity index (χ1n) is 6.70. The smallest absolute Gasteiger partial charge is 0.387 e. The topological polar surface area (TPSA) is 41.6 Å². The number of hydrogen-bond acceptors (Lipinski definition) is 3. The first-order valence-corrected chi connectivity index (χ1v) is 7.07. The highest BCUT2D eigenvalue weighted by atomic mass is 35.5. The molecule has 0 saturated heterocycles. The van der Waals surface area contributed by atoms with E-state index in [1.807, 2.05) is 19.0 Å². The standard InChI is InChI=1S/C16H15ClF2N2O2/c1-21(2)14-7-6-11(17)9-13(14)20-15(22)10-4-3-5-12(8-10)23-16(18)19/h3-9,16H,1-2H3,(H,20,22). The number of nitrogens with one attached hydrogen (secondary N) is 1. The zero-order valence-electron chi connectivity index (χ0n) is 12.5. The first-order chi connectivity index (χ1) is 10.9. The van der Waals surface area contributed by atoms with Gasteiger partial charge in [0.15, 0.2) is 0 Å². The van der Waals surface area contributed by atoms with Crippen LogP contribution in [0.25, 0.3) is 0 Å². The van der Waals surface area contributed by atoms with Gasteiger partial charge < -0.3 is 15.0 Å². The summed E-state index contributed by atoms with van der Waals surface area (Å²) in [7, 11) is 3.66. The molecule has 0 saturated carbocycles. The van der Waals surface area contributed by atoms with Crippen LogP contribution in [0.2, 0.25) is 5.02 Å². The van der Waals surface area contributed by atoms with Gasteiger partial charge in [-0.15, -0.1) is 0 Å². The lowest BCUT2D eigenvalue weighted by Crippen LogP contribution is -2.17. The van der Waals surface area contributed by atoms with Gasteiger partial charge in [-0.2, -0.15) is 8.78 Å². The monoisotopic (exact) mass is 340 g/mol. The summed E-state index contributed by atoms with van der Waals surface area (Å²) in [5, 5.41) is 3.19. The van der Waals surface area contributed by atoms with E-state index in [0.717, 1.165) is 5.69 Å². The highest BCUT2D eigenvalue weighted by molar-refractivity contribution is 6.31. The van der Waals surface area contributed by atoms with E-state index in [-0.39, 0.29) is 11.3 Å². The zero-order chi connectivity index (χ0) is 17.0. The Kier molecular flexibility index (Phi) is 5.39. The minimum Gasteiger partial charge on any atom is -0.435 e. The predicted molar refractivity (Wildman–Crippen MR) is 86.8 cm³/mol. The van der Waals surface area contributed by atoms with Crippen molar-refractivity contribution < 1.29 is 18.3 Å². The third-order valence-corrected chi connectivity index (χ3v) is 3.25. The minimum atomic E-state index is -2.94. The normalized spacial score (nSPS) is 10.5. The molecule has 0 heterocycles. The number of halogens is 3. The summed E-state index contributed by atoms with van der Waals surface area (Å²) in [5.74, 6) is -0.526. The summed E-state index contributed by atoms with van der Waals surface area (Å²) < 4.78 is 28.8. The van der Waals surface area contributed by atoms with Gasteiger partial charge in [0.2, 0.25) is 0 Å². The molecule has 0 spiro atoms. The van der Waals surface area contributed by atoms with Crippen molar-refractivity contribution in [3.63, 3.8) is 0 Å². The fourth-order valence-corrected chi connectivity index (χ4v) is 2.18. The van der Waals surface area contributed by atoms with Crippen molar-refractivity contribution in [1.29, 1.82) is 0 Å². The van der Waals surface area contributed by atoms with Crippen LogP contribution in [-0.4, -0.2) is 26.6 Å². The Morgan fingerprint density at radius 3 is 2.61 bits per heavy atom. The SMILES string of the molecule is CN(C)c1ccc(Cl)cc1NC(=O)c1cccc(OC(F)F)c1. The molecule has 2 aromatic carbocycles. The number of benzene rings is 2. The van der Waals surface area contributed by atoms with Gasteiger partial charge in [0, 0.05) is 24.7 Å². The van der Waals surface area contributed by atoms with Crippen LogP contribution in [0.4, 0.5) is 20.2 Å². The van der Waals surface area contributed by atoms with Crippen molar-refractivity contribution >= 4 is 28.9 Å². The third-order valence-electron chi connectivity index (χ3n) is 3.01. The number of carbonyl (C=O) groups is 1. The molecule has 0 atom stereocenters. The maximum Gasteiger partial charge on any atom is 0.387 e. The molecular formula is C16H15ClF2N2O2. The fraction of sp³-hybridized carbons (Fsp3) is 0.188. The average Bonchev–Trinajstić information content (AvgIpc) is 2.46. The van der Waals surface area contributed by atoms with E-state index in [4.69, 9.17) is 11.6 Å². The van der Waals surface area contributed by atoms with E-state index in [2.05, 4.69) is 10.1 Å². The number of hydrogen-bond donors (Lipinski definition) is 1. The van der Waals surface area contributed by atoms with Crippen LogP contribution >= 0.6 is 11.6 Å². The molecule has 0 aliphatic rings. The van der Waals surface area contributed by atoms with E-state index < -0.39 is 12.5 Å². The third kappa shape index (κ3) is 4.56. The van der Waals surface area contributed by atoms with Gasteiger partial charge in [-0.05, 0) is 36.4 Å². The molecule has 0 bridgehead atoms. The molecule has 122 valence electrons. The predicted octanol–water partition coefficient (Wildman–Crippen LogP) is 4.26. The molecule has 23 heavy (non-hydrogen) atoms. The van der Waals surface area contributed by atoms with Gasteiger partial charge in [0.1, 0.15) is 5.75 Å². The van der Waals surface area contributed by atoms with Gasteiger partial charge >= 0.3 is 6.61 Å². The molecule has 1 N–H and O–H groups in total. The Bertz CT molecular complexity index is 708. The molecule has 0 unspecified atom stereocenters. The average molecular weight is 341 g/mol.